The van der Waals surface area contributed by atoms with Gasteiger partial charge in [-0.3, -0.25) is 9.59 Å². The van der Waals surface area contributed by atoms with Crippen LogP contribution in [0.5, 0.6) is 0 Å². The first kappa shape index (κ1) is 21.7. The summed E-state index contributed by atoms with van der Waals surface area (Å²) in [4.78, 5) is 38.0. The summed E-state index contributed by atoms with van der Waals surface area (Å²) in [6.45, 7) is 8.78. The van der Waals surface area contributed by atoms with Crippen LogP contribution in [0, 0.1) is 6.92 Å². The van der Waals surface area contributed by atoms with E-state index in [1.54, 1.807) is 31.7 Å². The number of carbonyl (C=O) groups excluding carboxylic acids is 3. The Bertz CT molecular complexity index is 704. The minimum absolute atomic E-state index is 0.000445. The highest BCUT2D eigenvalue weighted by Gasteiger charge is 2.24. The average molecular weight is 389 g/mol. The number of hydrogen-bond acceptors (Lipinski definition) is 4. The molecule has 1 aliphatic rings. The van der Waals surface area contributed by atoms with E-state index < -0.39 is 11.7 Å². The van der Waals surface area contributed by atoms with E-state index in [0.29, 0.717) is 18.7 Å². The van der Waals surface area contributed by atoms with E-state index in [1.807, 2.05) is 25.1 Å². The lowest BCUT2D eigenvalue weighted by Gasteiger charge is -2.32. The van der Waals surface area contributed by atoms with E-state index in [0.717, 1.165) is 18.4 Å². The third kappa shape index (κ3) is 7.21. The molecule has 0 unspecified atom stereocenters. The predicted molar refractivity (Wildman–Crippen MR) is 107 cm³/mol. The van der Waals surface area contributed by atoms with Gasteiger partial charge in [0.25, 0.3) is 5.91 Å². The molecule has 7 heteroatoms. The van der Waals surface area contributed by atoms with Crippen LogP contribution in [0.2, 0.25) is 0 Å². The first-order valence-corrected chi connectivity index (χ1v) is 9.76. The molecule has 1 heterocycles. The number of benzene rings is 1. The van der Waals surface area contributed by atoms with Crippen molar-refractivity contribution >= 4 is 17.9 Å². The van der Waals surface area contributed by atoms with Crippen LogP contribution in [0.3, 0.4) is 0 Å². The lowest BCUT2D eigenvalue weighted by atomic mass is 10.0. The molecule has 0 aliphatic carbocycles. The molecule has 3 amide bonds. The Morgan fingerprint density at radius 1 is 1.18 bits per heavy atom. The van der Waals surface area contributed by atoms with Crippen LogP contribution < -0.4 is 10.6 Å². The van der Waals surface area contributed by atoms with Crippen molar-refractivity contribution in [3.63, 3.8) is 0 Å². The van der Waals surface area contributed by atoms with Crippen molar-refractivity contribution in [1.29, 1.82) is 0 Å². The molecule has 1 aliphatic heterocycles. The number of alkyl carbamates (subject to hydrolysis) is 1. The fraction of sp³-hybridized carbons (Fsp3) is 0.571. The van der Waals surface area contributed by atoms with Gasteiger partial charge in [0.15, 0.2) is 0 Å². The average Bonchev–Trinajstić information content (AvgIpc) is 2.60. The summed E-state index contributed by atoms with van der Waals surface area (Å²) in [5.41, 5.74) is 1.15. The summed E-state index contributed by atoms with van der Waals surface area (Å²) in [6.07, 6.45) is 1.17. The first-order chi connectivity index (χ1) is 13.1. The predicted octanol–water partition coefficient (Wildman–Crippen LogP) is 2.63. The van der Waals surface area contributed by atoms with Crippen LogP contribution in [0.4, 0.5) is 4.79 Å². The van der Waals surface area contributed by atoms with Crippen LogP contribution in [0.25, 0.3) is 0 Å². The summed E-state index contributed by atoms with van der Waals surface area (Å²) in [6, 6.07) is 7.57. The van der Waals surface area contributed by atoms with E-state index in [9.17, 15) is 14.4 Å². The van der Waals surface area contributed by atoms with Crippen LogP contribution in [-0.2, 0) is 9.53 Å². The maximum absolute atomic E-state index is 12.3. The molecule has 2 rings (SSSR count). The van der Waals surface area contributed by atoms with Crippen LogP contribution >= 0.6 is 0 Å². The number of rotatable bonds is 5. The summed E-state index contributed by atoms with van der Waals surface area (Å²) in [5.74, 6) is -0.0745. The van der Waals surface area contributed by atoms with Gasteiger partial charge < -0.3 is 20.3 Å². The summed E-state index contributed by atoms with van der Waals surface area (Å²) < 4.78 is 5.14. The van der Waals surface area contributed by atoms with Gasteiger partial charge in [-0.05, 0) is 52.7 Å². The largest absolute Gasteiger partial charge is 0.444 e. The number of hydrogen-bond donors (Lipinski definition) is 2. The summed E-state index contributed by atoms with van der Waals surface area (Å²) in [5, 5.41) is 5.65. The number of aryl methyl sites for hydroxylation is 1. The molecular weight excluding hydrogens is 358 g/mol. The first-order valence-electron chi connectivity index (χ1n) is 9.76. The molecule has 1 fully saturated rings. The van der Waals surface area contributed by atoms with Gasteiger partial charge in [0.1, 0.15) is 5.60 Å². The number of nitrogens with zero attached hydrogens (tertiary/aromatic N) is 1. The Hall–Kier alpha value is -2.57. The zero-order valence-electron chi connectivity index (χ0n) is 17.2. The van der Waals surface area contributed by atoms with Crippen molar-refractivity contribution in [3.8, 4) is 0 Å². The summed E-state index contributed by atoms with van der Waals surface area (Å²) in [7, 11) is 0. The fourth-order valence-electron chi connectivity index (χ4n) is 3.07. The van der Waals surface area contributed by atoms with Gasteiger partial charge in [-0.15, -0.1) is 0 Å². The van der Waals surface area contributed by atoms with Crippen molar-refractivity contribution in [3.05, 3.63) is 35.4 Å². The maximum Gasteiger partial charge on any atom is 0.407 e. The zero-order chi connectivity index (χ0) is 20.7. The third-order valence-corrected chi connectivity index (χ3v) is 4.47. The monoisotopic (exact) mass is 389 g/mol. The van der Waals surface area contributed by atoms with E-state index in [-0.39, 0.29) is 30.8 Å². The number of likely N-dealkylation sites (tertiary alicyclic amines) is 1. The molecule has 154 valence electrons. The molecule has 0 radical (unpaired) electrons. The highest BCUT2D eigenvalue weighted by molar-refractivity contribution is 5.94. The van der Waals surface area contributed by atoms with Gasteiger partial charge in [0, 0.05) is 37.7 Å². The smallest absolute Gasteiger partial charge is 0.407 e. The molecule has 1 saturated heterocycles. The molecule has 0 atom stereocenters. The van der Waals surface area contributed by atoms with Crippen molar-refractivity contribution in [2.75, 3.05) is 19.6 Å². The second kappa shape index (κ2) is 9.57. The molecule has 1 aromatic rings. The quantitative estimate of drug-likeness (QED) is 0.810. The van der Waals surface area contributed by atoms with Crippen LogP contribution in [0.1, 0.15) is 56.0 Å². The lowest BCUT2D eigenvalue weighted by molar-refractivity contribution is -0.132. The van der Waals surface area contributed by atoms with Gasteiger partial charge in [0.2, 0.25) is 5.91 Å². The summed E-state index contributed by atoms with van der Waals surface area (Å²) >= 11 is 0. The molecule has 0 saturated carbocycles. The fourth-order valence-corrected chi connectivity index (χ4v) is 3.07. The SMILES string of the molecule is Cc1cccc(C(=O)NC2CCN(C(=O)CCNC(=O)OC(C)(C)C)CC2)c1. The van der Waals surface area contributed by atoms with E-state index >= 15 is 0 Å². The van der Waals surface area contributed by atoms with Crippen molar-refractivity contribution in [1.82, 2.24) is 15.5 Å². The highest BCUT2D eigenvalue weighted by Crippen LogP contribution is 2.13. The molecule has 28 heavy (non-hydrogen) atoms. The molecule has 0 aromatic heterocycles. The number of nitrogens with one attached hydrogen (secondary N) is 2. The third-order valence-electron chi connectivity index (χ3n) is 4.47. The number of amides is 3. The number of ether oxygens (including phenoxy) is 1. The van der Waals surface area contributed by atoms with Crippen LogP contribution in [-0.4, -0.2) is 54.1 Å². The lowest BCUT2D eigenvalue weighted by Crippen LogP contribution is -2.47. The topological polar surface area (TPSA) is 87.7 Å². The zero-order valence-corrected chi connectivity index (χ0v) is 17.2. The highest BCUT2D eigenvalue weighted by atomic mass is 16.6. The standard InChI is InChI=1S/C21H31N3O4/c1-15-6-5-7-16(14-15)19(26)23-17-9-12-24(13-10-17)18(25)8-11-22-20(27)28-21(2,3)4/h5-7,14,17H,8-13H2,1-4H3,(H,22,27)(H,23,26). The van der Waals surface area contributed by atoms with Gasteiger partial charge in [-0.1, -0.05) is 17.7 Å². The minimum Gasteiger partial charge on any atom is -0.444 e. The molecular formula is C21H31N3O4. The van der Waals surface area contributed by atoms with Gasteiger partial charge in [0.05, 0.1) is 0 Å². The number of carbonyl (C=O) groups is 3. The van der Waals surface area contributed by atoms with Crippen molar-refractivity contribution < 1.29 is 19.1 Å². The second-order valence-corrected chi connectivity index (χ2v) is 8.18. The minimum atomic E-state index is -0.557. The second-order valence-electron chi connectivity index (χ2n) is 8.18. The molecule has 2 N–H and O–H groups in total. The molecule has 1 aromatic carbocycles. The van der Waals surface area contributed by atoms with E-state index in [1.165, 1.54) is 0 Å². The molecule has 0 bridgehead atoms. The Morgan fingerprint density at radius 2 is 1.86 bits per heavy atom. The van der Waals surface area contributed by atoms with Gasteiger partial charge >= 0.3 is 6.09 Å². The van der Waals surface area contributed by atoms with Gasteiger partial charge in [-0.25, -0.2) is 4.79 Å². The Balaban J connectivity index is 1.69. The molecule has 7 nitrogen and oxygen atoms in total. The van der Waals surface area contributed by atoms with Crippen molar-refractivity contribution in [2.24, 2.45) is 0 Å². The van der Waals surface area contributed by atoms with E-state index in [4.69, 9.17) is 4.74 Å². The van der Waals surface area contributed by atoms with Gasteiger partial charge in [-0.2, -0.15) is 0 Å². The normalized spacial score (nSPS) is 15.1. The van der Waals surface area contributed by atoms with Crippen molar-refractivity contribution in [2.45, 2.75) is 58.6 Å². The Kier molecular flexibility index (Phi) is 7.43. The Morgan fingerprint density at radius 3 is 2.46 bits per heavy atom. The molecule has 0 spiro atoms. The van der Waals surface area contributed by atoms with Crippen LogP contribution in [0.15, 0.2) is 24.3 Å². The maximum atomic E-state index is 12.3. The Labute approximate surface area is 166 Å². The van der Waals surface area contributed by atoms with E-state index in [2.05, 4.69) is 10.6 Å². The number of piperidine rings is 1.